The van der Waals surface area contributed by atoms with Crippen molar-refractivity contribution >= 4 is 39.4 Å². The fraction of sp³-hybridized carbons (Fsp3) is 0.118. The Labute approximate surface area is 170 Å². The normalized spacial score (nSPS) is 11.4. The molecular formula is C17H11BrClF3N4O2. The summed E-state index contributed by atoms with van der Waals surface area (Å²) in [7, 11) is 0. The summed E-state index contributed by atoms with van der Waals surface area (Å²) in [6.45, 7) is 1.69. The van der Waals surface area contributed by atoms with Gasteiger partial charge < -0.3 is 4.74 Å². The zero-order valence-electron chi connectivity index (χ0n) is 14.1. The average Bonchev–Trinajstić information content (AvgIpc) is 3.02. The van der Waals surface area contributed by atoms with E-state index >= 15 is 0 Å². The van der Waals surface area contributed by atoms with Crippen LogP contribution in [-0.2, 0) is 6.18 Å². The lowest BCUT2D eigenvalue weighted by Gasteiger charge is -2.13. The SMILES string of the molecule is Cc1nc(NC(=O)Oc2cnn(-c3ccc(Cl)cc3)c2C(F)(F)F)ccc1Br. The summed E-state index contributed by atoms with van der Waals surface area (Å²) in [5.41, 5.74) is -0.536. The number of aromatic nitrogens is 3. The maximum atomic E-state index is 13.6. The van der Waals surface area contributed by atoms with Gasteiger partial charge in [0.2, 0.25) is 0 Å². The van der Waals surface area contributed by atoms with E-state index in [1.54, 1.807) is 13.0 Å². The quantitative estimate of drug-likeness (QED) is 0.534. The molecular weight excluding hydrogens is 465 g/mol. The van der Waals surface area contributed by atoms with Crippen molar-refractivity contribution in [1.82, 2.24) is 14.8 Å². The molecule has 1 aromatic carbocycles. The number of benzene rings is 1. The molecule has 0 fully saturated rings. The van der Waals surface area contributed by atoms with Gasteiger partial charge in [0.25, 0.3) is 0 Å². The smallest absolute Gasteiger partial charge is 0.406 e. The van der Waals surface area contributed by atoms with E-state index in [1.165, 1.54) is 30.3 Å². The van der Waals surface area contributed by atoms with Gasteiger partial charge in [-0.25, -0.2) is 14.5 Å². The summed E-state index contributed by atoms with van der Waals surface area (Å²) in [4.78, 5) is 16.1. The third kappa shape index (κ3) is 4.45. The van der Waals surface area contributed by atoms with Crippen LogP contribution >= 0.6 is 27.5 Å². The Balaban J connectivity index is 1.88. The van der Waals surface area contributed by atoms with E-state index in [0.717, 1.165) is 10.7 Å². The van der Waals surface area contributed by atoms with E-state index in [4.69, 9.17) is 16.3 Å². The van der Waals surface area contributed by atoms with Crippen molar-refractivity contribution in [1.29, 1.82) is 0 Å². The molecule has 3 rings (SSSR count). The standard InChI is InChI=1S/C17H11BrClF3N4O2/c1-9-12(18)6-7-14(24-9)25-16(27)28-13-8-23-26(15(13)17(20,21)22)11-4-2-10(19)3-5-11/h2-8H,1H3,(H,24,25,27). The first-order valence-corrected chi connectivity index (χ1v) is 8.85. The number of aryl methyl sites for hydroxylation is 1. The average molecular weight is 476 g/mol. The van der Waals surface area contributed by atoms with Crippen molar-refractivity contribution < 1.29 is 22.7 Å². The highest BCUT2D eigenvalue weighted by atomic mass is 79.9. The third-order valence-corrected chi connectivity index (χ3v) is 4.62. The summed E-state index contributed by atoms with van der Waals surface area (Å²) in [6, 6.07) is 8.69. The number of halogens is 5. The van der Waals surface area contributed by atoms with Gasteiger partial charge in [-0.05, 0) is 59.3 Å². The molecule has 3 aromatic rings. The zero-order valence-corrected chi connectivity index (χ0v) is 16.4. The lowest BCUT2D eigenvalue weighted by molar-refractivity contribution is -0.143. The van der Waals surface area contributed by atoms with Crippen LogP contribution in [0.25, 0.3) is 5.69 Å². The van der Waals surface area contributed by atoms with E-state index < -0.39 is 23.7 Å². The second-order valence-electron chi connectivity index (χ2n) is 5.52. The highest BCUT2D eigenvalue weighted by Crippen LogP contribution is 2.37. The number of carbonyl (C=O) groups is 1. The van der Waals surface area contributed by atoms with E-state index in [1.807, 2.05) is 0 Å². The van der Waals surface area contributed by atoms with Gasteiger partial charge >= 0.3 is 12.3 Å². The minimum Gasteiger partial charge on any atom is -0.406 e. The van der Waals surface area contributed by atoms with Gasteiger partial charge in [-0.2, -0.15) is 18.3 Å². The molecule has 2 aromatic heterocycles. The topological polar surface area (TPSA) is 69.0 Å². The van der Waals surface area contributed by atoms with E-state index in [2.05, 4.69) is 31.3 Å². The van der Waals surface area contributed by atoms with Crippen LogP contribution < -0.4 is 10.1 Å². The van der Waals surface area contributed by atoms with Crippen LogP contribution in [0.1, 0.15) is 11.4 Å². The van der Waals surface area contributed by atoms with E-state index in [0.29, 0.717) is 15.4 Å². The molecule has 0 unspecified atom stereocenters. The lowest BCUT2D eigenvalue weighted by atomic mass is 10.3. The number of nitrogens with one attached hydrogen (secondary N) is 1. The van der Waals surface area contributed by atoms with Gasteiger partial charge in [-0.3, -0.25) is 5.32 Å². The number of rotatable bonds is 3. The Morgan fingerprint density at radius 3 is 2.50 bits per heavy atom. The number of alkyl halides is 3. The second kappa shape index (κ2) is 7.80. The first-order chi connectivity index (χ1) is 13.1. The number of hydrogen-bond donors (Lipinski definition) is 1. The molecule has 0 bridgehead atoms. The summed E-state index contributed by atoms with van der Waals surface area (Å²) in [5, 5.41) is 6.33. The number of ether oxygens (including phenoxy) is 1. The van der Waals surface area contributed by atoms with Crippen LogP contribution in [0, 0.1) is 6.92 Å². The molecule has 11 heteroatoms. The molecule has 0 radical (unpaired) electrons. The molecule has 0 saturated carbocycles. The fourth-order valence-corrected chi connectivity index (χ4v) is 2.64. The lowest BCUT2D eigenvalue weighted by Crippen LogP contribution is -2.20. The van der Waals surface area contributed by atoms with Crippen LogP contribution in [0.4, 0.5) is 23.8 Å². The summed E-state index contributed by atoms with van der Waals surface area (Å²) >= 11 is 9.02. The number of amides is 1. The van der Waals surface area contributed by atoms with Gasteiger partial charge in [0, 0.05) is 9.50 Å². The molecule has 0 spiro atoms. The highest BCUT2D eigenvalue weighted by Gasteiger charge is 2.40. The molecule has 0 aliphatic rings. The van der Waals surface area contributed by atoms with Crippen LogP contribution in [0.15, 0.2) is 47.1 Å². The van der Waals surface area contributed by atoms with Crippen molar-refractivity contribution in [2.45, 2.75) is 13.1 Å². The molecule has 0 aliphatic carbocycles. The molecule has 2 heterocycles. The first kappa shape index (κ1) is 20.2. The van der Waals surface area contributed by atoms with Crippen molar-refractivity contribution in [3.63, 3.8) is 0 Å². The summed E-state index contributed by atoms with van der Waals surface area (Å²) in [6.07, 6.45) is -5.13. The molecule has 0 aliphatic heterocycles. The number of pyridine rings is 1. The molecule has 0 saturated heterocycles. The van der Waals surface area contributed by atoms with Crippen molar-refractivity contribution in [2.75, 3.05) is 5.32 Å². The van der Waals surface area contributed by atoms with E-state index in [-0.39, 0.29) is 11.5 Å². The van der Waals surface area contributed by atoms with Crippen molar-refractivity contribution in [3.05, 3.63) is 63.5 Å². The van der Waals surface area contributed by atoms with Gasteiger partial charge in [0.05, 0.1) is 17.6 Å². The summed E-state index contributed by atoms with van der Waals surface area (Å²) in [5.74, 6) is -0.613. The Morgan fingerprint density at radius 2 is 1.89 bits per heavy atom. The maximum Gasteiger partial charge on any atom is 0.437 e. The molecule has 0 atom stereocenters. The van der Waals surface area contributed by atoms with Crippen LogP contribution in [0.3, 0.4) is 0 Å². The fourth-order valence-electron chi connectivity index (χ4n) is 2.29. The predicted molar refractivity (Wildman–Crippen MR) is 99.9 cm³/mol. The Bertz CT molecular complexity index is 1020. The monoisotopic (exact) mass is 474 g/mol. The van der Waals surface area contributed by atoms with Gasteiger partial charge in [0.1, 0.15) is 5.82 Å². The van der Waals surface area contributed by atoms with Gasteiger partial charge in [-0.1, -0.05) is 11.6 Å². The number of hydrogen-bond acceptors (Lipinski definition) is 4. The minimum absolute atomic E-state index is 0.109. The maximum absolute atomic E-state index is 13.6. The Morgan fingerprint density at radius 1 is 1.21 bits per heavy atom. The number of anilines is 1. The minimum atomic E-state index is -4.82. The summed E-state index contributed by atoms with van der Waals surface area (Å²) < 4.78 is 46.9. The Hall–Kier alpha value is -2.59. The van der Waals surface area contributed by atoms with Crippen LogP contribution in [0.2, 0.25) is 5.02 Å². The molecule has 28 heavy (non-hydrogen) atoms. The number of carbonyl (C=O) groups excluding carboxylic acids is 1. The second-order valence-corrected chi connectivity index (χ2v) is 6.81. The van der Waals surface area contributed by atoms with Crippen LogP contribution in [0.5, 0.6) is 5.75 Å². The molecule has 146 valence electrons. The van der Waals surface area contributed by atoms with Crippen molar-refractivity contribution in [2.24, 2.45) is 0 Å². The predicted octanol–water partition coefficient (Wildman–Crippen LogP) is 5.62. The zero-order chi connectivity index (χ0) is 20.5. The molecule has 1 amide bonds. The third-order valence-electron chi connectivity index (χ3n) is 3.53. The molecule has 1 N–H and O–H groups in total. The van der Waals surface area contributed by atoms with Crippen molar-refractivity contribution in [3.8, 4) is 11.4 Å². The van der Waals surface area contributed by atoms with Crippen LogP contribution in [-0.4, -0.2) is 20.9 Å². The Kier molecular flexibility index (Phi) is 5.61. The highest BCUT2D eigenvalue weighted by molar-refractivity contribution is 9.10. The number of nitrogens with zero attached hydrogens (tertiary/aromatic N) is 3. The van der Waals surface area contributed by atoms with E-state index in [9.17, 15) is 18.0 Å². The van der Waals surface area contributed by atoms with Gasteiger partial charge in [-0.15, -0.1) is 0 Å². The first-order valence-electron chi connectivity index (χ1n) is 7.68. The largest absolute Gasteiger partial charge is 0.437 e. The molecule has 6 nitrogen and oxygen atoms in total. The van der Waals surface area contributed by atoms with Gasteiger partial charge in [0.15, 0.2) is 11.4 Å².